The second-order valence-electron chi connectivity index (χ2n) is 6.50. The van der Waals surface area contributed by atoms with E-state index in [0.717, 1.165) is 33.8 Å². The molecule has 0 fully saturated rings. The van der Waals surface area contributed by atoms with Crippen LogP contribution in [-0.2, 0) is 10.5 Å². The molecular weight excluding hydrogens is 390 g/mol. The van der Waals surface area contributed by atoms with Gasteiger partial charge in [0.25, 0.3) is 0 Å². The van der Waals surface area contributed by atoms with Crippen molar-refractivity contribution in [3.8, 4) is 0 Å². The number of anilines is 1. The van der Waals surface area contributed by atoms with Crippen molar-refractivity contribution in [3.05, 3.63) is 46.6 Å². The largest absolute Gasteiger partial charge is 0.462 e. The maximum absolute atomic E-state index is 12.3. The first-order chi connectivity index (χ1) is 13.5. The van der Waals surface area contributed by atoms with Crippen molar-refractivity contribution < 1.29 is 9.53 Å². The highest BCUT2D eigenvalue weighted by molar-refractivity contribution is 7.98. The van der Waals surface area contributed by atoms with Gasteiger partial charge in [-0.1, -0.05) is 25.1 Å². The highest BCUT2D eigenvalue weighted by Gasteiger charge is 2.22. The molecule has 0 aliphatic carbocycles. The van der Waals surface area contributed by atoms with E-state index in [2.05, 4.69) is 31.3 Å². The number of thiophene rings is 1. The minimum absolute atomic E-state index is 0.276. The lowest BCUT2D eigenvalue weighted by Crippen LogP contribution is -2.15. The molecule has 0 amide bonds. The number of fused-ring (bicyclic) bond motifs is 1. The third-order valence-electron chi connectivity index (χ3n) is 4.40. The van der Waals surface area contributed by atoms with Crippen LogP contribution in [0.3, 0.4) is 0 Å². The predicted octanol–water partition coefficient (Wildman–Crippen LogP) is 5.68. The summed E-state index contributed by atoms with van der Waals surface area (Å²) >= 11 is 3.08. The summed E-state index contributed by atoms with van der Waals surface area (Å²) in [7, 11) is 0. The molecular formula is C21H25N3O2S2. The van der Waals surface area contributed by atoms with E-state index in [1.165, 1.54) is 16.2 Å². The number of carbonyl (C=O) groups excluding carboxylic acids is 1. The lowest BCUT2D eigenvalue weighted by atomic mass is 10.2. The summed E-state index contributed by atoms with van der Waals surface area (Å²) in [6.45, 7) is 8.37. The summed E-state index contributed by atoms with van der Waals surface area (Å²) in [5.41, 5.74) is 0.881. The summed E-state index contributed by atoms with van der Waals surface area (Å²) in [4.78, 5) is 24.5. The first-order valence-electron chi connectivity index (χ1n) is 9.45. The van der Waals surface area contributed by atoms with Gasteiger partial charge >= 0.3 is 5.97 Å². The van der Waals surface area contributed by atoms with Gasteiger partial charge in [-0.3, -0.25) is 0 Å². The van der Waals surface area contributed by atoms with Crippen LogP contribution in [0.4, 0.5) is 5.82 Å². The highest BCUT2D eigenvalue weighted by Crippen LogP contribution is 2.35. The number of thioether (sulfide) groups is 1. The number of ether oxygens (including phenoxy) is 1. The van der Waals surface area contributed by atoms with Crippen LogP contribution in [0.5, 0.6) is 0 Å². The van der Waals surface area contributed by atoms with E-state index in [0.29, 0.717) is 17.2 Å². The minimum atomic E-state index is -0.294. The van der Waals surface area contributed by atoms with Crippen LogP contribution in [-0.4, -0.2) is 28.6 Å². The van der Waals surface area contributed by atoms with Crippen molar-refractivity contribution in [2.75, 3.05) is 11.9 Å². The molecule has 3 aromatic rings. The molecule has 1 N–H and O–H groups in total. The molecule has 0 radical (unpaired) electrons. The molecule has 28 heavy (non-hydrogen) atoms. The van der Waals surface area contributed by atoms with Gasteiger partial charge in [0, 0.05) is 10.9 Å². The van der Waals surface area contributed by atoms with Gasteiger partial charge in [0.15, 0.2) is 0 Å². The van der Waals surface area contributed by atoms with Crippen molar-refractivity contribution in [1.29, 1.82) is 0 Å². The molecule has 3 rings (SSSR count). The molecule has 1 atom stereocenters. The van der Waals surface area contributed by atoms with E-state index in [9.17, 15) is 4.79 Å². The summed E-state index contributed by atoms with van der Waals surface area (Å²) in [6, 6.07) is 10.5. The average molecular weight is 416 g/mol. The summed E-state index contributed by atoms with van der Waals surface area (Å²) in [6.07, 6.45) is 0.980. The molecule has 148 valence electrons. The van der Waals surface area contributed by atoms with E-state index >= 15 is 0 Å². The quantitative estimate of drug-likeness (QED) is 0.377. The number of benzene rings is 1. The molecule has 0 unspecified atom stereocenters. The number of esters is 1. The van der Waals surface area contributed by atoms with Crippen molar-refractivity contribution >= 4 is 45.1 Å². The topological polar surface area (TPSA) is 64.1 Å². The SMILES string of the molecule is CCOC(=O)c1sc2nc(CSc3ccccc3)nc(N[C@@H](C)CC)c2c1C. The van der Waals surface area contributed by atoms with E-state index in [1.807, 2.05) is 32.0 Å². The monoisotopic (exact) mass is 415 g/mol. The third kappa shape index (κ3) is 4.64. The average Bonchev–Trinajstić information content (AvgIpc) is 3.04. The molecule has 1 aromatic carbocycles. The van der Waals surface area contributed by atoms with Gasteiger partial charge in [0.2, 0.25) is 0 Å². The van der Waals surface area contributed by atoms with E-state index in [4.69, 9.17) is 14.7 Å². The summed E-state index contributed by atoms with van der Waals surface area (Å²) in [5, 5.41) is 4.41. The zero-order valence-corrected chi connectivity index (χ0v) is 18.2. The Morgan fingerprint density at radius 3 is 2.68 bits per heavy atom. The number of hydrogen-bond donors (Lipinski definition) is 1. The third-order valence-corrected chi connectivity index (χ3v) is 6.58. The van der Waals surface area contributed by atoms with Gasteiger partial charge in [0.1, 0.15) is 21.3 Å². The second kappa shape index (κ2) is 9.39. The Bertz CT molecular complexity index is 957. The van der Waals surface area contributed by atoms with Gasteiger partial charge in [-0.15, -0.1) is 23.1 Å². The number of rotatable bonds is 8. The molecule has 5 nitrogen and oxygen atoms in total. The van der Waals surface area contributed by atoms with E-state index in [-0.39, 0.29) is 12.0 Å². The van der Waals surface area contributed by atoms with E-state index in [1.54, 1.807) is 11.8 Å². The number of nitrogens with zero attached hydrogens (tertiary/aromatic N) is 2. The molecule has 0 saturated carbocycles. The lowest BCUT2D eigenvalue weighted by molar-refractivity contribution is 0.0531. The molecule has 0 aliphatic heterocycles. The highest BCUT2D eigenvalue weighted by atomic mass is 32.2. The number of aromatic nitrogens is 2. The Kier molecular flexibility index (Phi) is 6.91. The van der Waals surface area contributed by atoms with Crippen LogP contribution in [0.2, 0.25) is 0 Å². The Balaban J connectivity index is 1.99. The van der Waals surface area contributed by atoms with Crippen LogP contribution in [0.25, 0.3) is 10.2 Å². The molecule has 2 heterocycles. The number of hydrogen-bond acceptors (Lipinski definition) is 7. The number of nitrogens with one attached hydrogen (secondary N) is 1. The zero-order valence-electron chi connectivity index (χ0n) is 16.6. The normalized spacial score (nSPS) is 12.1. The van der Waals surface area contributed by atoms with Gasteiger partial charge in [-0.25, -0.2) is 14.8 Å². The maximum atomic E-state index is 12.3. The lowest BCUT2D eigenvalue weighted by Gasteiger charge is -2.14. The summed E-state index contributed by atoms with van der Waals surface area (Å²) < 4.78 is 5.21. The zero-order chi connectivity index (χ0) is 20.1. The van der Waals surface area contributed by atoms with Crippen molar-refractivity contribution in [3.63, 3.8) is 0 Å². The fourth-order valence-corrected chi connectivity index (χ4v) is 4.61. The van der Waals surface area contributed by atoms with E-state index < -0.39 is 0 Å². The first kappa shape index (κ1) is 20.6. The van der Waals surface area contributed by atoms with Crippen molar-refractivity contribution in [2.45, 2.75) is 50.8 Å². The van der Waals surface area contributed by atoms with Crippen LogP contribution in [0, 0.1) is 6.92 Å². The van der Waals surface area contributed by atoms with Crippen LogP contribution >= 0.6 is 23.1 Å². The molecule has 0 aliphatic rings. The van der Waals surface area contributed by atoms with Crippen LogP contribution in [0.1, 0.15) is 48.3 Å². The molecule has 0 saturated heterocycles. The van der Waals surface area contributed by atoms with Crippen molar-refractivity contribution in [2.24, 2.45) is 0 Å². The molecule has 0 bridgehead atoms. The minimum Gasteiger partial charge on any atom is -0.462 e. The molecule has 0 spiro atoms. The van der Waals surface area contributed by atoms with Gasteiger partial charge in [-0.2, -0.15) is 0 Å². The Morgan fingerprint density at radius 1 is 1.25 bits per heavy atom. The molecule has 2 aromatic heterocycles. The van der Waals surface area contributed by atoms with Gasteiger partial charge in [0.05, 0.1) is 17.7 Å². The number of carbonyl (C=O) groups is 1. The number of aryl methyl sites for hydroxylation is 1. The fourth-order valence-electron chi connectivity index (χ4n) is 2.74. The smallest absolute Gasteiger partial charge is 0.348 e. The summed E-state index contributed by atoms with van der Waals surface area (Å²) in [5.74, 6) is 1.93. The Labute approximate surface area is 173 Å². The van der Waals surface area contributed by atoms with Gasteiger partial charge < -0.3 is 10.1 Å². The Hall–Kier alpha value is -2.12. The fraction of sp³-hybridized carbons (Fsp3) is 0.381. The van der Waals surface area contributed by atoms with Crippen molar-refractivity contribution in [1.82, 2.24) is 9.97 Å². The Morgan fingerprint density at radius 2 is 2.00 bits per heavy atom. The first-order valence-corrected chi connectivity index (χ1v) is 11.2. The molecule has 7 heteroatoms. The maximum Gasteiger partial charge on any atom is 0.348 e. The van der Waals surface area contributed by atoms with Crippen LogP contribution in [0.15, 0.2) is 35.2 Å². The van der Waals surface area contributed by atoms with Gasteiger partial charge in [-0.05, 0) is 44.9 Å². The van der Waals surface area contributed by atoms with Crippen LogP contribution < -0.4 is 5.32 Å². The predicted molar refractivity (Wildman–Crippen MR) is 117 cm³/mol. The second-order valence-corrected chi connectivity index (χ2v) is 8.55. The standard InChI is InChI=1S/C21H25N3O2S2/c1-5-13(3)22-19-17-14(4)18(21(25)26-6-2)28-20(17)24-16(23-19)12-27-15-10-8-7-9-11-15/h7-11,13H,5-6,12H2,1-4H3,(H,22,23,24)/t13-/m0/s1.